The first-order valence-electron chi connectivity index (χ1n) is 7.16. The van der Waals surface area contributed by atoms with Crippen LogP contribution in [0, 0.1) is 0 Å². The molecule has 0 heterocycles. The van der Waals surface area contributed by atoms with Gasteiger partial charge in [0.25, 0.3) is 0 Å². The van der Waals surface area contributed by atoms with Gasteiger partial charge in [-0.25, -0.2) is 0 Å². The normalized spacial score (nSPS) is 17.0. The summed E-state index contributed by atoms with van der Waals surface area (Å²) in [7, 11) is 4.97. The van der Waals surface area contributed by atoms with Crippen LogP contribution in [0.5, 0.6) is 17.2 Å². The molecule has 0 amide bonds. The monoisotopic (exact) mass is 279 g/mol. The Kier molecular flexibility index (Phi) is 4.76. The summed E-state index contributed by atoms with van der Waals surface area (Å²) in [6.07, 6.45) is 5.10. The van der Waals surface area contributed by atoms with Crippen molar-refractivity contribution in [2.24, 2.45) is 0 Å². The van der Waals surface area contributed by atoms with E-state index in [-0.39, 0.29) is 5.54 Å². The fourth-order valence-corrected chi connectivity index (χ4v) is 2.87. The van der Waals surface area contributed by atoms with E-state index in [1.807, 2.05) is 12.1 Å². The summed E-state index contributed by atoms with van der Waals surface area (Å²) in [5, 5.41) is 3.66. The highest BCUT2D eigenvalue weighted by Crippen LogP contribution is 2.35. The minimum absolute atomic E-state index is 0.248. The molecule has 2 rings (SSSR count). The smallest absolute Gasteiger partial charge is 0.164 e. The Bertz CT molecular complexity index is 453. The molecule has 1 fully saturated rings. The molecule has 1 aliphatic carbocycles. The molecular formula is C16H25NO3. The Balaban J connectivity index is 2.17. The Morgan fingerprint density at radius 3 is 2.05 bits per heavy atom. The van der Waals surface area contributed by atoms with Crippen LogP contribution in [0.15, 0.2) is 12.1 Å². The molecule has 4 nitrogen and oxygen atoms in total. The van der Waals surface area contributed by atoms with E-state index in [9.17, 15) is 0 Å². The molecule has 0 radical (unpaired) electrons. The van der Waals surface area contributed by atoms with Crippen molar-refractivity contribution in [3.63, 3.8) is 0 Å². The van der Waals surface area contributed by atoms with Crippen LogP contribution in [0.25, 0.3) is 0 Å². The van der Waals surface area contributed by atoms with Crippen molar-refractivity contribution in [2.75, 3.05) is 21.3 Å². The van der Waals surface area contributed by atoms with E-state index in [0.29, 0.717) is 5.75 Å². The first-order valence-corrected chi connectivity index (χ1v) is 7.16. The van der Waals surface area contributed by atoms with Crippen LogP contribution in [0.2, 0.25) is 0 Å². The summed E-state index contributed by atoms with van der Waals surface area (Å²) in [5.41, 5.74) is 1.34. The number of nitrogens with one attached hydrogen (secondary N) is 1. The van der Waals surface area contributed by atoms with Crippen molar-refractivity contribution in [1.29, 1.82) is 0 Å². The summed E-state index contributed by atoms with van der Waals surface area (Å²) >= 11 is 0. The molecule has 20 heavy (non-hydrogen) atoms. The lowest BCUT2D eigenvalue weighted by Gasteiger charge is -2.26. The second-order valence-electron chi connectivity index (χ2n) is 5.64. The molecule has 0 saturated heterocycles. The molecule has 112 valence electrons. The van der Waals surface area contributed by atoms with Gasteiger partial charge in [0.1, 0.15) is 5.75 Å². The summed E-state index contributed by atoms with van der Waals surface area (Å²) in [4.78, 5) is 0. The van der Waals surface area contributed by atoms with E-state index in [1.165, 1.54) is 25.7 Å². The third-order valence-electron chi connectivity index (χ3n) is 4.20. The Morgan fingerprint density at radius 1 is 0.950 bits per heavy atom. The molecule has 0 aliphatic heterocycles. The molecular weight excluding hydrogens is 254 g/mol. The summed E-state index contributed by atoms with van der Waals surface area (Å²) in [6.45, 7) is 3.08. The van der Waals surface area contributed by atoms with E-state index in [0.717, 1.165) is 23.6 Å². The zero-order valence-electron chi connectivity index (χ0n) is 12.9. The number of ether oxygens (including phenoxy) is 3. The number of rotatable bonds is 6. The maximum Gasteiger partial charge on any atom is 0.164 e. The number of methoxy groups -OCH3 is 3. The van der Waals surface area contributed by atoms with E-state index in [2.05, 4.69) is 12.2 Å². The van der Waals surface area contributed by atoms with Gasteiger partial charge in [0.15, 0.2) is 11.5 Å². The second-order valence-corrected chi connectivity index (χ2v) is 5.64. The van der Waals surface area contributed by atoms with Crippen LogP contribution in [0.3, 0.4) is 0 Å². The largest absolute Gasteiger partial charge is 0.496 e. The third-order valence-corrected chi connectivity index (χ3v) is 4.20. The van der Waals surface area contributed by atoms with Crippen molar-refractivity contribution in [2.45, 2.75) is 44.7 Å². The number of hydrogen-bond acceptors (Lipinski definition) is 4. The lowest BCUT2D eigenvalue weighted by Crippen LogP contribution is -2.38. The predicted molar refractivity (Wildman–Crippen MR) is 79.8 cm³/mol. The minimum Gasteiger partial charge on any atom is -0.496 e. The quantitative estimate of drug-likeness (QED) is 0.868. The molecule has 1 aliphatic rings. The number of hydrogen-bond donors (Lipinski definition) is 1. The summed E-state index contributed by atoms with van der Waals surface area (Å²) < 4.78 is 16.1. The van der Waals surface area contributed by atoms with Crippen LogP contribution in [-0.4, -0.2) is 26.9 Å². The van der Waals surface area contributed by atoms with E-state index in [1.54, 1.807) is 21.3 Å². The summed E-state index contributed by atoms with van der Waals surface area (Å²) in [5.74, 6) is 2.26. The lowest BCUT2D eigenvalue weighted by molar-refractivity contribution is 0.339. The van der Waals surface area contributed by atoms with Crippen LogP contribution < -0.4 is 19.5 Å². The Hall–Kier alpha value is -1.42. The van der Waals surface area contributed by atoms with Gasteiger partial charge in [-0.3, -0.25) is 0 Å². The number of benzene rings is 1. The molecule has 1 saturated carbocycles. The highest BCUT2D eigenvalue weighted by Gasteiger charge is 2.28. The van der Waals surface area contributed by atoms with Crippen molar-refractivity contribution in [3.8, 4) is 17.2 Å². The molecule has 0 bridgehead atoms. The zero-order chi connectivity index (χ0) is 14.6. The Labute approximate surface area is 121 Å². The highest BCUT2D eigenvalue weighted by atomic mass is 16.5. The van der Waals surface area contributed by atoms with Crippen LogP contribution >= 0.6 is 0 Å². The average Bonchev–Trinajstić information content (AvgIpc) is 2.91. The van der Waals surface area contributed by atoms with Gasteiger partial charge in [0, 0.05) is 23.7 Å². The van der Waals surface area contributed by atoms with E-state index in [4.69, 9.17) is 14.2 Å². The SMILES string of the molecule is COc1cc(OC)c(OC)cc1CNC1(C)CCCC1. The van der Waals surface area contributed by atoms with Crippen molar-refractivity contribution in [3.05, 3.63) is 17.7 Å². The summed E-state index contributed by atoms with van der Waals surface area (Å²) in [6, 6.07) is 3.87. The molecule has 1 aromatic carbocycles. The molecule has 0 atom stereocenters. The topological polar surface area (TPSA) is 39.7 Å². The van der Waals surface area contributed by atoms with Crippen LogP contribution in [0.4, 0.5) is 0 Å². The van der Waals surface area contributed by atoms with Gasteiger partial charge >= 0.3 is 0 Å². The second kappa shape index (κ2) is 6.35. The van der Waals surface area contributed by atoms with Gasteiger partial charge in [0.05, 0.1) is 21.3 Å². The predicted octanol–water partition coefficient (Wildman–Crippen LogP) is 3.13. The Morgan fingerprint density at radius 2 is 1.50 bits per heavy atom. The molecule has 4 heteroatoms. The fourth-order valence-electron chi connectivity index (χ4n) is 2.87. The maximum absolute atomic E-state index is 5.46. The molecule has 1 aromatic rings. The molecule has 0 unspecified atom stereocenters. The first-order chi connectivity index (χ1) is 9.61. The highest BCUT2D eigenvalue weighted by molar-refractivity contribution is 5.50. The van der Waals surface area contributed by atoms with Crippen molar-refractivity contribution in [1.82, 2.24) is 5.32 Å². The van der Waals surface area contributed by atoms with Crippen LogP contribution in [-0.2, 0) is 6.54 Å². The van der Waals surface area contributed by atoms with Gasteiger partial charge in [-0.1, -0.05) is 12.8 Å². The zero-order valence-corrected chi connectivity index (χ0v) is 12.9. The average molecular weight is 279 g/mol. The van der Waals surface area contributed by atoms with Gasteiger partial charge in [-0.15, -0.1) is 0 Å². The third kappa shape index (κ3) is 3.18. The van der Waals surface area contributed by atoms with Crippen molar-refractivity contribution < 1.29 is 14.2 Å². The molecule has 0 spiro atoms. The van der Waals surface area contributed by atoms with E-state index < -0.39 is 0 Å². The first kappa shape index (κ1) is 15.0. The standard InChI is InChI=1S/C16H25NO3/c1-16(7-5-6-8-16)17-11-12-9-14(19-3)15(20-4)10-13(12)18-2/h9-10,17H,5-8,11H2,1-4H3. The van der Waals surface area contributed by atoms with Crippen LogP contribution in [0.1, 0.15) is 38.2 Å². The van der Waals surface area contributed by atoms with Gasteiger partial charge < -0.3 is 19.5 Å². The van der Waals surface area contributed by atoms with Gasteiger partial charge in [-0.2, -0.15) is 0 Å². The minimum atomic E-state index is 0.248. The molecule has 1 N–H and O–H groups in total. The fraction of sp³-hybridized carbons (Fsp3) is 0.625. The van der Waals surface area contributed by atoms with Gasteiger partial charge in [0.2, 0.25) is 0 Å². The van der Waals surface area contributed by atoms with Crippen molar-refractivity contribution >= 4 is 0 Å². The van der Waals surface area contributed by atoms with E-state index >= 15 is 0 Å². The van der Waals surface area contributed by atoms with Gasteiger partial charge in [-0.05, 0) is 25.8 Å². The molecule has 0 aromatic heterocycles. The maximum atomic E-state index is 5.46. The lowest BCUT2D eigenvalue weighted by atomic mass is 10.00.